The van der Waals surface area contributed by atoms with Crippen LogP contribution in [0.25, 0.3) is 0 Å². The fraction of sp³-hybridized carbons (Fsp3) is 0.500. The molecule has 0 aromatic heterocycles. The molecule has 1 aliphatic heterocycles. The zero-order valence-electron chi connectivity index (χ0n) is 14.3. The molecule has 0 spiro atoms. The predicted molar refractivity (Wildman–Crippen MR) is 96.4 cm³/mol. The highest BCUT2D eigenvalue weighted by atomic mass is 32.2. The van der Waals surface area contributed by atoms with Gasteiger partial charge < -0.3 is 0 Å². The van der Waals surface area contributed by atoms with Crippen LogP contribution in [0.5, 0.6) is 0 Å². The second-order valence-electron chi connectivity index (χ2n) is 6.25. The minimum Gasteiger partial charge on any atom is -0.298 e. The molecule has 0 saturated carbocycles. The lowest BCUT2D eigenvalue weighted by Crippen LogP contribution is -2.46. The van der Waals surface area contributed by atoms with Crippen LogP contribution in [0.15, 0.2) is 24.3 Å². The maximum absolute atomic E-state index is 13.0. The number of carbonyl (C=O) groups excluding carboxylic acids is 3. The first kappa shape index (κ1) is 18.7. The summed E-state index contributed by atoms with van der Waals surface area (Å²) in [7, 11) is 0. The number of nitrogens with zero attached hydrogens (tertiary/aromatic N) is 1. The molecule has 0 bridgehead atoms. The number of para-hydroxylation sites is 1. The van der Waals surface area contributed by atoms with Gasteiger partial charge in [-0.25, -0.2) is 10.9 Å². The summed E-state index contributed by atoms with van der Waals surface area (Å²) in [6.07, 6.45) is 1.81. The number of nitrogens with two attached hydrogens (primary N) is 1. The molecular weight excluding hydrogens is 324 g/mol. The van der Waals surface area contributed by atoms with Gasteiger partial charge in [0.15, 0.2) is 10.9 Å². The quantitative estimate of drug-likeness (QED) is 0.503. The van der Waals surface area contributed by atoms with E-state index in [0.29, 0.717) is 18.5 Å². The van der Waals surface area contributed by atoms with Crippen LogP contribution in [0.2, 0.25) is 0 Å². The number of amides is 1. The van der Waals surface area contributed by atoms with Crippen molar-refractivity contribution in [3.05, 3.63) is 29.8 Å². The largest absolute Gasteiger partial charge is 0.298 e. The van der Waals surface area contributed by atoms with E-state index in [1.54, 1.807) is 6.07 Å². The lowest BCUT2D eigenvalue weighted by Gasteiger charge is -2.25. The van der Waals surface area contributed by atoms with E-state index >= 15 is 0 Å². The molecule has 5 nitrogen and oxygen atoms in total. The molecule has 24 heavy (non-hydrogen) atoms. The van der Waals surface area contributed by atoms with E-state index < -0.39 is 11.2 Å². The second kappa shape index (κ2) is 7.94. The summed E-state index contributed by atoms with van der Waals surface area (Å²) < 4.78 is 0. The summed E-state index contributed by atoms with van der Waals surface area (Å²) in [6.45, 7) is 5.37. The third kappa shape index (κ3) is 3.87. The van der Waals surface area contributed by atoms with Crippen LogP contribution >= 0.6 is 11.8 Å². The monoisotopic (exact) mass is 348 g/mol. The molecule has 1 aromatic rings. The standard InChI is InChI=1S/C18H24N2O3S/c1-4-11(2)17(24-12(3)21)16(22)14-10-9-13-7-5-6-8-15(13)20(19)18(14)23/h5-8,11,14,17H,4,9-10,19H2,1-3H3/t11-,14?,17-/m0/s1. The zero-order chi connectivity index (χ0) is 17.9. The molecular formula is C18H24N2O3S. The highest BCUT2D eigenvalue weighted by Gasteiger charge is 2.39. The average Bonchev–Trinajstić information content (AvgIpc) is 2.69. The van der Waals surface area contributed by atoms with E-state index in [2.05, 4.69) is 0 Å². The molecule has 0 saturated heterocycles. The Labute approximate surface area is 146 Å². The van der Waals surface area contributed by atoms with E-state index in [-0.39, 0.29) is 22.7 Å². The van der Waals surface area contributed by atoms with Crippen LogP contribution in [0.1, 0.15) is 39.2 Å². The number of hydrogen-bond acceptors (Lipinski definition) is 5. The van der Waals surface area contributed by atoms with Crippen LogP contribution in [-0.4, -0.2) is 22.1 Å². The Bertz CT molecular complexity index is 647. The van der Waals surface area contributed by atoms with Crippen molar-refractivity contribution in [3.63, 3.8) is 0 Å². The van der Waals surface area contributed by atoms with Crippen molar-refractivity contribution >= 4 is 34.3 Å². The van der Waals surface area contributed by atoms with Gasteiger partial charge in [-0.3, -0.25) is 14.4 Å². The highest BCUT2D eigenvalue weighted by molar-refractivity contribution is 8.14. The number of benzene rings is 1. The third-order valence-corrected chi connectivity index (χ3v) is 5.85. The van der Waals surface area contributed by atoms with Gasteiger partial charge in [0, 0.05) is 6.92 Å². The number of aryl methyl sites for hydroxylation is 1. The topological polar surface area (TPSA) is 80.5 Å². The smallest absolute Gasteiger partial charge is 0.251 e. The first-order chi connectivity index (χ1) is 11.4. The average molecular weight is 348 g/mol. The number of anilines is 1. The predicted octanol–water partition coefficient (Wildman–Crippen LogP) is 2.72. The molecule has 6 heteroatoms. The van der Waals surface area contributed by atoms with E-state index in [1.165, 1.54) is 6.92 Å². The van der Waals surface area contributed by atoms with Crippen molar-refractivity contribution in [1.29, 1.82) is 0 Å². The summed E-state index contributed by atoms with van der Waals surface area (Å²) in [5.74, 6) is 4.64. The van der Waals surface area contributed by atoms with Crippen molar-refractivity contribution in [2.75, 3.05) is 5.01 Å². The van der Waals surface area contributed by atoms with Gasteiger partial charge in [-0.15, -0.1) is 0 Å². The van der Waals surface area contributed by atoms with Gasteiger partial charge in [-0.2, -0.15) is 0 Å². The van der Waals surface area contributed by atoms with Gasteiger partial charge in [0.2, 0.25) is 0 Å². The van der Waals surface area contributed by atoms with Crippen LogP contribution in [0.3, 0.4) is 0 Å². The second-order valence-corrected chi connectivity index (χ2v) is 7.56. The Morgan fingerprint density at radius 2 is 2.04 bits per heavy atom. The Morgan fingerprint density at radius 3 is 2.67 bits per heavy atom. The lowest BCUT2D eigenvalue weighted by atomic mass is 9.89. The molecule has 0 fully saturated rings. The number of rotatable bonds is 5. The summed E-state index contributed by atoms with van der Waals surface area (Å²) in [5.41, 5.74) is 1.61. The maximum atomic E-state index is 13.0. The van der Waals surface area contributed by atoms with Crippen molar-refractivity contribution in [2.45, 2.75) is 45.3 Å². The van der Waals surface area contributed by atoms with Gasteiger partial charge in [-0.05, 0) is 30.4 Å². The lowest BCUT2D eigenvalue weighted by molar-refractivity contribution is -0.133. The number of hydrazine groups is 1. The van der Waals surface area contributed by atoms with E-state index in [0.717, 1.165) is 28.8 Å². The van der Waals surface area contributed by atoms with E-state index in [4.69, 9.17) is 5.84 Å². The van der Waals surface area contributed by atoms with Gasteiger partial charge in [-0.1, -0.05) is 50.2 Å². The van der Waals surface area contributed by atoms with Crippen molar-refractivity contribution in [1.82, 2.24) is 0 Å². The number of fused-ring (bicyclic) bond motifs is 1. The van der Waals surface area contributed by atoms with Gasteiger partial charge in [0.25, 0.3) is 5.91 Å². The zero-order valence-corrected chi connectivity index (χ0v) is 15.1. The highest BCUT2D eigenvalue weighted by Crippen LogP contribution is 2.32. The molecule has 1 heterocycles. The fourth-order valence-electron chi connectivity index (χ4n) is 2.98. The Hall–Kier alpha value is -1.66. The minimum absolute atomic E-state index is 0.0241. The first-order valence-corrected chi connectivity index (χ1v) is 9.12. The normalized spacial score (nSPS) is 20.1. The van der Waals surface area contributed by atoms with Gasteiger partial charge in [0.05, 0.1) is 16.9 Å². The maximum Gasteiger partial charge on any atom is 0.251 e. The number of ketones is 1. The minimum atomic E-state index is -0.798. The SMILES string of the molecule is CC[C@H](C)[C@H](SC(C)=O)C(=O)C1CCc2ccccc2N(N)C1=O. The van der Waals surface area contributed by atoms with Gasteiger partial charge in [0.1, 0.15) is 0 Å². The van der Waals surface area contributed by atoms with Crippen molar-refractivity contribution in [3.8, 4) is 0 Å². The van der Waals surface area contributed by atoms with Crippen LogP contribution in [-0.2, 0) is 20.8 Å². The van der Waals surface area contributed by atoms with Crippen molar-refractivity contribution < 1.29 is 14.4 Å². The number of carbonyl (C=O) groups is 3. The van der Waals surface area contributed by atoms with Crippen LogP contribution in [0, 0.1) is 11.8 Å². The first-order valence-electron chi connectivity index (χ1n) is 8.24. The number of hydrogen-bond donors (Lipinski definition) is 1. The molecule has 1 amide bonds. The van der Waals surface area contributed by atoms with E-state index in [1.807, 2.05) is 32.0 Å². The van der Waals surface area contributed by atoms with Crippen molar-refractivity contribution in [2.24, 2.45) is 17.7 Å². The summed E-state index contributed by atoms with van der Waals surface area (Å²) in [6, 6.07) is 7.43. The fourth-order valence-corrected chi connectivity index (χ4v) is 4.04. The molecule has 2 N–H and O–H groups in total. The third-order valence-electron chi connectivity index (χ3n) is 4.57. The molecule has 0 radical (unpaired) electrons. The van der Waals surface area contributed by atoms with Crippen LogP contribution < -0.4 is 10.9 Å². The molecule has 3 atom stereocenters. The molecule has 0 aliphatic carbocycles. The Kier molecular flexibility index (Phi) is 6.18. The molecule has 1 aromatic carbocycles. The molecule has 1 aliphatic rings. The molecule has 130 valence electrons. The van der Waals surface area contributed by atoms with Gasteiger partial charge >= 0.3 is 0 Å². The Morgan fingerprint density at radius 1 is 1.38 bits per heavy atom. The summed E-state index contributed by atoms with van der Waals surface area (Å²) in [4.78, 5) is 37.3. The number of thioether (sulfide) groups is 1. The van der Waals surface area contributed by atoms with E-state index in [9.17, 15) is 14.4 Å². The van der Waals surface area contributed by atoms with Crippen LogP contribution in [0.4, 0.5) is 5.69 Å². The number of Topliss-reactive ketones (excluding diaryl/α,β-unsaturated/α-hetero) is 1. The molecule has 2 rings (SSSR count). The Balaban J connectivity index is 2.29. The summed E-state index contributed by atoms with van der Waals surface area (Å²) in [5, 5.41) is 0.482. The summed E-state index contributed by atoms with van der Waals surface area (Å²) >= 11 is 1.03. The molecule has 1 unspecified atom stereocenters.